The van der Waals surface area contributed by atoms with Gasteiger partial charge in [0.2, 0.25) is 0 Å². The lowest BCUT2D eigenvalue weighted by Crippen LogP contribution is -2.25. The van der Waals surface area contributed by atoms with Gasteiger partial charge in [-0.3, -0.25) is 14.9 Å². The highest BCUT2D eigenvalue weighted by molar-refractivity contribution is 7.98. The Hall–Kier alpha value is -2.06. The molecular formula is C14H15ClN4O3S. The molecule has 0 aliphatic heterocycles. The van der Waals surface area contributed by atoms with Gasteiger partial charge in [0, 0.05) is 23.9 Å². The van der Waals surface area contributed by atoms with E-state index >= 15 is 0 Å². The summed E-state index contributed by atoms with van der Waals surface area (Å²) in [5.74, 6) is 0.863. The van der Waals surface area contributed by atoms with E-state index in [1.54, 1.807) is 11.8 Å². The number of nitrogens with one attached hydrogen (secondary N) is 1. The van der Waals surface area contributed by atoms with Crippen LogP contribution in [0.4, 0.5) is 11.4 Å². The normalized spacial score (nSPS) is 12.0. The number of anilines is 1. The van der Waals surface area contributed by atoms with Crippen molar-refractivity contribution in [1.29, 1.82) is 0 Å². The third kappa shape index (κ3) is 4.02. The molecule has 1 aromatic heterocycles. The lowest BCUT2D eigenvalue weighted by molar-refractivity contribution is -0.384. The third-order valence-corrected chi connectivity index (χ3v) is 4.24. The van der Waals surface area contributed by atoms with Crippen LogP contribution in [0, 0.1) is 10.1 Å². The van der Waals surface area contributed by atoms with E-state index in [-0.39, 0.29) is 16.8 Å². The van der Waals surface area contributed by atoms with Gasteiger partial charge in [0.1, 0.15) is 5.02 Å². The minimum atomic E-state index is -0.507. The molecule has 23 heavy (non-hydrogen) atoms. The number of thioether (sulfide) groups is 1. The van der Waals surface area contributed by atoms with Gasteiger partial charge in [0.05, 0.1) is 22.5 Å². The van der Waals surface area contributed by atoms with Crippen molar-refractivity contribution in [3.8, 4) is 5.69 Å². The number of rotatable bonds is 6. The molecule has 122 valence electrons. The Morgan fingerprint density at radius 3 is 2.65 bits per heavy atom. The van der Waals surface area contributed by atoms with Crippen molar-refractivity contribution in [2.24, 2.45) is 0 Å². The Morgan fingerprint density at radius 2 is 2.09 bits per heavy atom. The van der Waals surface area contributed by atoms with Crippen LogP contribution < -0.4 is 10.9 Å². The molecule has 2 aromatic rings. The summed E-state index contributed by atoms with van der Waals surface area (Å²) in [6.45, 7) is 1.98. The second kappa shape index (κ2) is 7.47. The van der Waals surface area contributed by atoms with Crippen LogP contribution in [0.15, 0.2) is 35.3 Å². The third-order valence-electron chi connectivity index (χ3n) is 3.04. The van der Waals surface area contributed by atoms with E-state index < -0.39 is 10.5 Å². The van der Waals surface area contributed by atoms with Crippen LogP contribution >= 0.6 is 23.4 Å². The zero-order chi connectivity index (χ0) is 17.0. The molecular weight excluding hydrogens is 340 g/mol. The van der Waals surface area contributed by atoms with Gasteiger partial charge in [-0.05, 0) is 25.3 Å². The van der Waals surface area contributed by atoms with Crippen molar-refractivity contribution in [2.75, 3.05) is 17.3 Å². The molecule has 0 saturated carbocycles. The number of hydrogen-bond donors (Lipinski definition) is 1. The molecule has 2 rings (SSSR count). The summed E-state index contributed by atoms with van der Waals surface area (Å²) in [6, 6.07) is 5.66. The first-order chi connectivity index (χ1) is 10.9. The molecule has 1 unspecified atom stereocenters. The van der Waals surface area contributed by atoms with Crippen molar-refractivity contribution >= 4 is 34.7 Å². The van der Waals surface area contributed by atoms with E-state index in [0.29, 0.717) is 11.4 Å². The number of non-ortho nitro benzene ring substituents is 1. The van der Waals surface area contributed by atoms with Gasteiger partial charge in [-0.15, -0.1) is 0 Å². The van der Waals surface area contributed by atoms with E-state index in [0.717, 1.165) is 10.4 Å². The first-order valence-corrected chi connectivity index (χ1v) is 8.49. The average molecular weight is 355 g/mol. The Morgan fingerprint density at radius 1 is 1.43 bits per heavy atom. The van der Waals surface area contributed by atoms with Crippen LogP contribution in [0.5, 0.6) is 0 Å². The summed E-state index contributed by atoms with van der Waals surface area (Å²) in [5.41, 5.74) is 0.335. The van der Waals surface area contributed by atoms with Gasteiger partial charge in [0.15, 0.2) is 0 Å². The van der Waals surface area contributed by atoms with Crippen LogP contribution in [0.1, 0.15) is 6.92 Å². The number of halogens is 1. The zero-order valence-electron chi connectivity index (χ0n) is 12.5. The number of nitro benzene ring substituents is 1. The Bertz CT molecular complexity index is 764. The molecule has 1 aromatic carbocycles. The number of hydrogen-bond acceptors (Lipinski definition) is 6. The molecule has 1 N–H and O–H groups in total. The van der Waals surface area contributed by atoms with Crippen molar-refractivity contribution < 1.29 is 4.92 Å². The number of benzene rings is 1. The predicted molar refractivity (Wildman–Crippen MR) is 93.0 cm³/mol. The minimum absolute atomic E-state index is 0.0336. The van der Waals surface area contributed by atoms with E-state index in [9.17, 15) is 14.9 Å². The molecule has 0 aliphatic rings. The Balaban J connectivity index is 2.33. The van der Waals surface area contributed by atoms with E-state index in [1.807, 2.05) is 13.2 Å². The van der Waals surface area contributed by atoms with Gasteiger partial charge < -0.3 is 5.32 Å². The lowest BCUT2D eigenvalue weighted by atomic mass is 10.3. The molecule has 0 radical (unpaired) electrons. The Labute approximate surface area is 141 Å². The SMILES string of the molecule is CSCC(C)Nc1cnn(-c2ccc([N+](=O)[O-])cc2)c(=O)c1Cl. The molecule has 7 nitrogen and oxygen atoms in total. The van der Waals surface area contributed by atoms with Crippen LogP contribution in [0.25, 0.3) is 5.69 Å². The molecule has 0 amide bonds. The van der Waals surface area contributed by atoms with Crippen LogP contribution in [-0.4, -0.2) is 32.8 Å². The summed E-state index contributed by atoms with van der Waals surface area (Å²) in [5, 5.41) is 17.9. The van der Waals surface area contributed by atoms with Gasteiger partial charge in [-0.25, -0.2) is 0 Å². The highest BCUT2D eigenvalue weighted by Crippen LogP contribution is 2.19. The standard InChI is InChI=1S/C14H15ClN4O3S/c1-9(8-23-2)17-12-7-16-18(14(20)13(12)15)10-3-5-11(6-4-10)19(21)22/h3-7,9,17H,8H2,1-2H3. The molecule has 0 aliphatic carbocycles. The van der Waals surface area contributed by atoms with E-state index in [2.05, 4.69) is 10.4 Å². The van der Waals surface area contributed by atoms with E-state index in [4.69, 9.17) is 11.6 Å². The smallest absolute Gasteiger partial charge is 0.292 e. The minimum Gasteiger partial charge on any atom is -0.379 e. The van der Waals surface area contributed by atoms with Crippen molar-refractivity contribution in [3.63, 3.8) is 0 Å². The fourth-order valence-electron chi connectivity index (χ4n) is 1.99. The highest BCUT2D eigenvalue weighted by Gasteiger charge is 2.13. The van der Waals surface area contributed by atoms with Crippen LogP contribution in [0.2, 0.25) is 5.02 Å². The summed E-state index contributed by atoms with van der Waals surface area (Å²) in [6.07, 6.45) is 3.46. The van der Waals surface area contributed by atoms with Gasteiger partial charge in [-0.1, -0.05) is 11.6 Å². The van der Waals surface area contributed by atoms with Crippen molar-refractivity contribution in [2.45, 2.75) is 13.0 Å². The van der Waals surface area contributed by atoms with Gasteiger partial charge in [-0.2, -0.15) is 21.5 Å². The maximum Gasteiger partial charge on any atom is 0.292 e. The van der Waals surface area contributed by atoms with Gasteiger partial charge in [0.25, 0.3) is 11.2 Å². The Kier molecular flexibility index (Phi) is 5.62. The van der Waals surface area contributed by atoms with Crippen LogP contribution in [-0.2, 0) is 0 Å². The quantitative estimate of drug-likeness (QED) is 0.633. The summed E-state index contributed by atoms with van der Waals surface area (Å²) >= 11 is 7.80. The molecule has 1 heterocycles. The highest BCUT2D eigenvalue weighted by atomic mass is 35.5. The van der Waals surface area contributed by atoms with Crippen molar-refractivity contribution in [3.05, 3.63) is 56.0 Å². The number of aromatic nitrogens is 2. The lowest BCUT2D eigenvalue weighted by Gasteiger charge is -2.15. The molecule has 1 atom stereocenters. The molecule has 0 spiro atoms. The van der Waals surface area contributed by atoms with Crippen LogP contribution in [0.3, 0.4) is 0 Å². The molecule has 9 heteroatoms. The molecule has 0 fully saturated rings. The van der Waals surface area contributed by atoms with Gasteiger partial charge >= 0.3 is 0 Å². The first-order valence-electron chi connectivity index (χ1n) is 6.72. The zero-order valence-corrected chi connectivity index (χ0v) is 14.1. The fraction of sp³-hybridized carbons (Fsp3) is 0.286. The molecule has 0 bridgehead atoms. The largest absolute Gasteiger partial charge is 0.379 e. The second-order valence-electron chi connectivity index (χ2n) is 4.86. The summed E-state index contributed by atoms with van der Waals surface area (Å²) in [7, 11) is 0. The topological polar surface area (TPSA) is 90.1 Å². The monoisotopic (exact) mass is 354 g/mol. The maximum absolute atomic E-state index is 12.3. The number of nitrogens with zero attached hydrogens (tertiary/aromatic N) is 3. The predicted octanol–water partition coefficient (Wildman–Crippen LogP) is 2.96. The van der Waals surface area contributed by atoms with Crippen molar-refractivity contribution in [1.82, 2.24) is 9.78 Å². The summed E-state index contributed by atoms with van der Waals surface area (Å²) < 4.78 is 1.11. The van der Waals surface area contributed by atoms with E-state index in [1.165, 1.54) is 30.5 Å². The second-order valence-corrected chi connectivity index (χ2v) is 6.15. The fourth-order valence-corrected chi connectivity index (χ4v) is 2.76. The number of nitro groups is 1. The first kappa shape index (κ1) is 17.3. The maximum atomic E-state index is 12.3. The average Bonchev–Trinajstić information content (AvgIpc) is 2.52. The summed E-state index contributed by atoms with van der Waals surface area (Å²) in [4.78, 5) is 22.5. The molecule has 0 saturated heterocycles.